The monoisotopic (exact) mass is 294 g/mol. The van der Waals surface area contributed by atoms with Crippen LogP contribution in [0.2, 0.25) is 0 Å². The number of ether oxygens (including phenoxy) is 4. The van der Waals surface area contributed by atoms with Gasteiger partial charge in [0.2, 0.25) is 0 Å². The van der Waals surface area contributed by atoms with E-state index in [-0.39, 0.29) is 36.3 Å². The number of carbonyl (C=O) groups excluding carboxylic acids is 1. The molecule has 0 saturated carbocycles. The summed E-state index contributed by atoms with van der Waals surface area (Å²) < 4.78 is 23.7. The van der Waals surface area contributed by atoms with Gasteiger partial charge in [-0.15, -0.1) is 0 Å². The second-order valence-electron chi connectivity index (χ2n) is 7.07. The van der Waals surface area contributed by atoms with Crippen LogP contribution in [0.4, 0.5) is 0 Å². The smallest absolute Gasteiger partial charge is 0.308 e. The summed E-state index contributed by atoms with van der Waals surface area (Å²) in [6.07, 6.45) is 2.45. The van der Waals surface area contributed by atoms with Gasteiger partial charge in [-0.05, 0) is 0 Å². The highest BCUT2D eigenvalue weighted by atomic mass is 16.7. The third-order valence-corrected chi connectivity index (χ3v) is 5.22. The molecule has 4 aliphatic heterocycles. The maximum Gasteiger partial charge on any atom is 0.308 e. The van der Waals surface area contributed by atoms with Gasteiger partial charge in [0.15, 0.2) is 5.79 Å². The second-order valence-corrected chi connectivity index (χ2v) is 7.07. The molecule has 5 nitrogen and oxygen atoms in total. The summed E-state index contributed by atoms with van der Waals surface area (Å²) in [5.74, 6) is 0.654. The first kappa shape index (κ1) is 13.6. The van der Waals surface area contributed by atoms with Crippen LogP contribution in [0.25, 0.3) is 0 Å². The van der Waals surface area contributed by atoms with Crippen LogP contribution in [-0.2, 0) is 23.7 Å². The van der Waals surface area contributed by atoms with Crippen molar-refractivity contribution < 1.29 is 23.7 Å². The van der Waals surface area contributed by atoms with E-state index in [1.54, 1.807) is 0 Å². The van der Waals surface area contributed by atoms with E-state index in [0.29, 0.717) is 12.3 Å². The standard InChI is InChI=1S/C16H22O5/c1-8-6-16(20-11-4-10(3)18-14(8)11)7-9(2)15-12(21-16)5-13(17)19-15/h8-9,11-12,14-15H,3-7H2,1-2H3/t8-,9-,11-,12-,14-,15-,16?/m0/s1. The van der Waals surface area contributed by atoms with Crippen LogP contribution in [0.3, 0.4) is 0 Å². The molecular weight excluding hydrogens is 272 g/mol. The Labute approximate surface area is 124 Å². The third kappa shape index (κ3) is 2.09. The molecule has 116 valence electrons. The summed E-state index contributed by atoms with van der Waals surface area (Å²) >= 11 is 0. The van der Waals surface area contributed by atoms with Gasteiger partial charge in [-0.3, -0.25) is 4.79 Å². The number of rotatable bonds is 0. The van der Waals surface area contributed by atoms with E-state index in [1.165, 1.54) is 0 Å². The minimum Gasteiger partial charge on any atom is -0.492 e. The zero-order valence-electron chi connectivity index (χ0n) is 12.5. The molecule has 0 aromatic heterocycles. The molecule has 4 rings (SSSR count). The van der Waals surface area contributed by atoms with E-state index in [9.17, 15) is 4.79 Å². The van der Waals surface area contributed by atoms with Crippen LogP contribution in [0.15, 0.2) is 12.3 Å². The van der Waals surface area contributed by atoms with E-state index in [1.807, 2.05) is 0 Å². The highest BCUT2D eigenvalue weighted by Gasteiger charge is 2.57. The molecule has 4 aliphatic rings. The Morgan fingerprint density at radius 3 is 2.24 bits per heavy atom. The predicted octanol–water partition coefficient (Wildman–Crippen LogP) is 2.15. The molecule has 4 heterocycles. The number of esters is 1. The van der Waals surface area contributed by atoms with E-state index >= 15 is 0 Å². The largest absolute Gasteiger partial charge is 0.492 e. The summed E-state index contributed by atoms with van der Waals surface area (Å²) in [6, 6.07) is 0. The lowest BCUT2D eigenvalue weighted by molar-refractivity contribution is -0.345. The highest BCUT2D eigenvalue weighted by Crippen LogP contribution is 2.49. The molecule has 0 amide bonds. The molecule has 4 fully saturated rings. The van der Waals surface area contributed by atoms with Gasteiger partial charge in [0.05, 0.1) is 12.2 Å². The first-order chi connectivity index (χ1) is 9.96. The Morgan fingerprint density at radius 2 is 1.57 bits per heavy atom. The summed E-state index contributed by atoms with van der Waals surface area (Å²) in [4.78, 5) is 11.5. The van der Waals surface area contributed by atoms with Crippen LogP contribution in [0.5, 0.6) is 0 Å². The summed E-state index contributed by atoms with van der Waals surface area (Å²) in [6.45, 7) is 8.21. The van der Waals surface area contributed by atoms with E-state index < -0.39 is 5.79 Å². The molecule has 7 atom stereocenters. The number of fused-ring (bicyclic) bond motifs is 2. The maximum atomic E-state index is 11.5. The number of hydrogen-bond acceptors (Lipinski definition) is 5. The van der Waals surface area contributed by atoms with Gasteiger partial charge in [-0.25, -0.2) is 0 Å². The van der Waals surface area contributed by atoms with E-state index in [4.69, 9.17) is 18.9 Å². The lowest BCUT2D eigenvalue weighted by atomic mass is 9.80. The maximum absolute atomic E-state index is 11.5. The van der Waals surface area contributed by atoms with Crippen molar-refractivity contribution in [2.45, 2.75) is 69.7 Å². The Balaban J connectivity index is 1.57. The van der Waals surface area contributed by atoms with Crippen molar-refractivity contribution in [3.63, 3.8) is 0 Å². The molecule has 0 aromatic carbocycles. The van der Waals surface area contributed by atoms with Crippen molar-refractivity contribution in [3.05, 3.63) is 12.3 Å². The zero-order valence-corrected chi connectivity index (χ0v) is 12.5. The fourth-order valence-electron chi connectivity index (χ4n) is 4.46. The second kappa shape index (κ2) is 4.46. The molecule has 1 unspecified atom stereocenters. The van der Waals surface area contributed by atoms with Gasteiger partial charge in [-0.2, -0.15) is 0 Å². The fourth-order valence-corrected chi connectivity index (χ4v) is 4.46. The molecule has 0 bridgehead atoms. The summed E-state index contributed by atoms with van der Waals surface area (Å²) in [7, 11) is 0. The van der Waals surface area contributed by atoms with Crippen molar-refractivity contribution in [3.8, 4) is 0 Å². The first-order valence-corrected chi connectivity index (χ1v) is 7.85. The minimum absolute atomic E-state index is 0.0167. The molecular formula is C16H22O5. The average molecular weight is 294 g/mol. The Kier molecular flexibility index (Phi) is 2.89. The molecule has 0 aromatic rings. The first-order valence-electron chi connectivity index (χ1n) is 7.85. The van der Waals surface area contributed by atoms with Crippen LogP contribution in [-0.4, -0.2) is 36.2 Å². The van der Waals surface area contributed by atoms with Crippen LogP contribution >= 0.6 is 0 Å². The molecule has 0 N–H and O–H groups in total. The van der Waals surface area contributed by atoms with Crippen molar-refractivity contribution in [2.75, 3.05) is 0 Å². The molecule has 21 heavy (non-hydrogen) atoms. The van der Waals surface area contributed by atoms with Gasteiger partial charge >= 0.3 is 5.97 Å². The minimum atomic E-state index is -0.594. The van der Waals surface area contributed by atoms with Crippen molar-refractivity contribution in [1.29, 1.82) is 0 Å². The predicted molar refractivity (Wildman–Crippen MR) is 73.2 cm³/mol. The molecule has 1 spiro atoms. The van der Waals surface area contributed by atoms with Crippen molar-refractivity contribution in [1.82, 2.24) is 0 Å². The van der Waals surface area contributed by atoms with Gasteiger partial charge in [0.25, 0.3) is 0 Å². The Hall–Kier alpha value is -1.07. The van der Waals surface area contributed by atoms with Crippen molar-refractivity contribution in [2.24, 2.45) is 11.8 Å². The Bertz CT molecular complexity index is 443. The summed E-state index contributed by atoms with van der Waals surface area (Å²) in [5, 5.41) is 0. The van der Waals surface area contributed by atoms with Crippen LogP contribution in [0.1, 0.15) is 39.5 Å². The molecule has 0 aliphatic carbocycles. The van der Waals surface area contributed by atoms with Gasteiger partial charge < -0.3 is 18.9 Å². The molecule has 4 saturated heterocycles. The van der Waals surface area contributed by atoms with Crippen LogP contribution in [0, 0.1) is 11.8 Å². The highest BCUT2D eigenvalue weighted by molar-refractivity contribution is 5.72. The normalized spacial score (nSPS) is 52.3. The van der Waals surface area contributed by atoms with E-state index in [0.717, 1.165) is 25.0 Å². The Morgan fingerprint density at radius 1 is 1.00 bits per heavy atom. The van der Waals surface area contributed by atoms with Crippen LogP contribution < -0.4 is 0 Å². The zero-order chi connectivity index (χ0) is 14.8. The quantitative estimate of drug-likeness (QED) is 0.641. The van der Waals surface area contributed by atoms with Gasteiger partial charge in [0, 0.05) is 31.1 Å². The average Bonchev–Trinajstić information content (AvgIpc) is 2.91. The van der Waals surface area contributed by atoms with E-state index in [2.05, 4.69) is 20.4 Å². The summed E-state index contributed by atoms with van der Waals surface area (Å²) in [5.41, 5.74) is 0. The molecule has 0 radical (unpaired) electrons. The lowest BCUT2D eigenvalue weighted by Crippen LogP contribution is -2.58. The fraction of sp³-hybridized carbons (Fsp3) is 0.812. The van der Waals surface area contributed by atoms with Gasteiger partial charge in [0.1, 0.15) is 24.4 Å². The molecule has 5 heteroatoms. The van der Waals surface area contributed by atoms with Crippen molar-refractivity contribution >= 4 is 5.97 Å². The topological polar surface area (TPSA) is 54.0 Å². The number of hydrogen-bond donors (Lipinski definition) is 0. The number of carbonyl (C=O) groups is 1. The SMILES string of the molecule is C=C1C[C@@H]2OC3(C[C@H](C)[C@@H]2O1)C[C@H](C)[C@@H]1OC(=O)C[C@@H]1O3. The van der Waals surface area contributed by atoms with Gasteiger partial charge in [-0.1, -0.05) is 20.4 Å². The third-order valence-electron chi connectivity index (χ3n) is 5.22. The lowest BCUT2D eigenvalue weighted by Gasteiger charge is -2.50.